The van der Waals surface area contributed by atoms with Crippen molar-refractivity contribution in [3.8, 4) is 0 Å². The molecule has 0 bridgehead atoms. The van der Waals surface area contributed by atoms with E-state index < -0.39 is 35.3 Å². The number of likely N-dealkylation sites (tertiary alicyclic amines) is 1. The van der Waals surface area contributed by atoms with Gasteiger partial charge >= 0.3 is 5.97 Å². The van der Waals surface area contributed by atoms with Crippen LogP contribution in [0.15, 0.2) is 60.7 Å². The molecule has 0 spiro atoms. The Morgan fingerprint density at radius 1 is 1.12 bits per heavy atom. The van der Waals surface area contributed by atoms with Gasteiger partial charge in [-0.15, -0.1) is 0 Å². The van der Waals surface area contributed by atoms with Gasteiger partial charge in [-0.3, -0.25) is 24.6 Å². The maximum Gasteiger partial charge on any atom is 0.324 e. The number of nitrogens with one attached hydrogen (secondary N) is 1. The van der Waals surface area contributed by atoms with Gasteiger partial charge in [0.2, 0.25) is 11.8 Å². The van der Waals surface area contributed by atoms with Crippen LogP contribution < -0.4 is 5.32 Å². The summed E-state index contributed by atoms with van der Waals surface area (Å²) in [6.45, 7) is 2.06. The number of aliphatic carboxylic acids is 1. The van der Waals surface area contributed by atoms with E-state index in [0.29, 0.717) is 5.75 Å². The van der Waals surface area contributed by atoms with E-state index in [1.165, 1.54) is 16.7 Å². The number of carboxylic acid groups (broad SMARTS) is 1. The molecule has 4 unspecified atom stereocenters. The summed E-state index contributed by atoms with van der Waals surface area (Å²) in [5.74, 6) is -2.92. The molecule has 2 amide bonds. The Balaban J connectivity index is 1.71. The summed E-state index contributed by atoms with van der Waals surface area (Å²) in [6.07, 6.45) is 5.82. The number of benzene rings is 2. The largest absolute Gasteiger partial charge is 0.480 e. The fourth-order valence-corrected chi connectivity index (χ4v) is 5.63. The van der Waals surface area contributed by atoms with Gasteiger partial charge in [0.25, 0.3) is 0 Å². The van der Waals surface area contributed by atoms with E-state index in [4.69, 9.17) is 0 Å². The van der Waals surface area contributed by atoms with Gasteiger partial charge in [-0.25, -0.2) is 0 Å². The van der Waals surface area contributed by atoms with E-state index in [2.05, 4.69) is 5.32 Å². The monoisotopic (exact) mass is 464 g/mol. The SMILES string of the molecule is CSCCC1(C(=O)O)NC(c2ccccc2C)C2C(=O)N(C/C=C/c3ccccc3)C(=O)C21. The quantitative estimate of drug-likeness (QED) is 0.582. The number of hydrogen-bond donors (Lipinski definition) is 2. The number of nitrogens with zero attached hydrogens (tertiary/aromatic N) is 1. The summed E-state index contributed by atoms with van der Waals surface area (Å²) in [5, 5.41) is 13.6. The number of carboxylic acids is 1. The normalized spacial score (nSPS) is 26.8. The highest BCUT2D eigenvalue weighted by atomic mass is 32.2. The van der Waals surface area contributed by atoms with E-state index >= 15 is 0 Å². The molecule has 2 fully saturated rings. The number of thioether (sulfide) groups is 1. The lowest BCUT2D eigenvalue weighted by Gasteiger charge is -2.31. The topological polar surface area (TPSA) is 86.7 Å². The molecule has 6 nitrogen and oxygen atoms in total. The van der Waals surface area contributed by atoms with Gasteiger partial charge in [0.1, 0.15) is 5.54 Å². The first kappa shape index (κ1) is 23.3. The van der Waals surface area contributed by atoms with Crippen molar-refractivity contribution in [3.05, 3.63) is 77.4 Å². The van der Waals surface area contributed by atoms with Gasteiger partial charge in [-0.05, 0) is 42.0 Å². The smallest absolute Gasteiger partial charge is 0.324 e. The van der Waals surface area contributed by atoms with Crippen molar-refractivity contribution in [2.45, 2.75) is 24.9 Å². The average Bonchev–Trinajstić information content (AvgIpc) is 3.28. The zero-order chi connectivity index (χ0) is 23.6. The molecule has 0 aliphatic carbocycles. The molecule has 4 rings (SSSR count). The van der Waals surface area contributed by atoms with Gasteiger partial charge in [0.15, 0.2) is 0 Å². The highest BCUT2D eigenvalue weighted by Gasteiger charge is 2.68. The number of hydrogen-bond acceptors (Lipinski definition) is 5. The molecule has 0 saturated carbocycles. The molecule has 4 atom stereocenters. The molecule has 7 heteroatoms. The standard InChI is InChI=1S/C26H28N2O4S/c1-17-9-6-7-13-19(17)22-20-21(26(27-22,25(31)32)14-16-33-2)24(30)28(23(20)29)15-8-12-18-10-4-3-5-11-18/h3-13,20-22,27H,14-16H2,1-2H3,(H,31,32)/b12-8+. The third-order valence-electron chi connectivity index (χ3n) is 6.75. The second-order valence-electron chi connectivity index (χ2n) is 8.60. The van der Waals surface area contributed by atoms with Crippen LogP contribution in [-0.2, 0) is 14.4 Å². The summed E-state index contributed by atoms with van der Waals surface area (Å²) in [4.78, 5) is 41.0. The molecule has 0 aromatic heterocycles. The molecule has 33 heavy (non-hydrogen) atoms. The van der Waals surface area contributed by atoms with E-state index in [-0.39, 0.29) is 18.9 Å². The van der Waals surface area contributed by atoms with Gasteiger partial charge in [-0.2, -0.15) is 11.8 Å². The predicted molar refractivity (Wildman–Crippen MR) is 130 cm³/mol. The number of aryl methyl sites for hydroxylation is 1. The third-order valence-corrected chi connectivity index (χ3v) is 7.36. The van der Waals surface area contributed by atoms with E-state index in [1.807, 2.05) is 73.9 Å². The first-order chi connectivity index (χ1) is 15.9. The van der Waals surface area contributed by atoms with Crippen LogP contribution in [-0.4, -0.2) is 51.9 Å². The van der Waals surface area contributed by atoms with Gasteiger partial charge < -0.3 is 5.11 Å². The lowest BCUT2D eigenvalue weighted by Crippen LogP contribution is -2.56. The van der Waals surface area contributed by atoms with E-state index in [0.717, 1.165) is 16.7 Å². The molecule has 2 N–H and O–H groups in total. The zero-order valence-electron chi connectivity index (χ0n) is 18.7. The second-order valence-corrected chi connectivity index (χ2v) is 9.59. The molecule has 2 aliphatic heterocycles. The Labute approximate surface area is 198 Å². The maximum absolute atomic E-state index is 13.6. The number of carbonyl (C=O) groups excluding carboxylic acids is 2. The van der Waals surface area contributed by atoms with Crippen molar-refractivity contribution >= 4 is 35.6 Å². The maximum atomic E-state index is 13.6. The van der Waals surface area contributed by atoms with Crippen LogP contribution in [0.3, 0.4) is 0 Å². The van der Waals surface area contributed by atoms with Crippen molar-refractivity contribution in [3.63, 3.8) is 0 Å². The lowest BCUT2D eigenvalue weighted by molar-refractivity contribution is -0.151. The number of fused-ring (bicyclic) bond motifs is 1. The summed E-state index contributed by atoms with van der Waals surface area (Å²) < 4.78 is 0. The number of amides is 2. The lowest BCUT2D eigenvalue weighted by atomic mass is 9.77. The fourth-order valence-electron chi connectivity index (χ4n) is 5.10. The Bertz CT molecular complexity index is 1090. The van der Waals surface area contributed by atoms with Crippen LogP contribution in [0.4, 0.5) is 0 Å². The molecule has 172 valence electrons. The minimum Gasteiger partial charge on any atom is -0.480 e. The van der Waals surface area contributed by atoms with Crippen LogP contribution in [0.5, 0.6) is 0 Å². The Hall–Kier alpha value is -2.90. The average molecular weight is 465 g/mol. The van der Waals surface area contributed by atoms with Crippen molar-refractivity contribution < 1.29 is 19.5 Å². The van der Waals surface area contributed by atoms with E-state index in [1.54, 1.807) is 6.08 Å². The molecule has 0 radical (unpaired) electrons. The van der Waals surface area contributed by atoms with Crippen LogP contribution in [0.1, 0.15) is 29.2 Å². The Morgan fingerprint density at radius 3 is 2.48 bits per heavy atom. The summed E-state index contributed by atoms with van der Waals surface area (Å²) in [5.41, 5.74) is 1.31. The van der Waals surface area contributed by atoms with Gasteiger partial charge in [0, 0.05) is 12.6 Å². The summed E-state index contributed by atoms with van der Waals surface area (Å²) in [6, 6.07) is 16.7. The molecular weight excluding hydrogens is 436 g/mol. The van der Waals surface area contributed by atoms with Gasteiger partial charge in [-0.1, -0.05) is 66.7 Å². The van der Waals surface area contributed by atoms with Crippen LogP contribution in [0.2, 0.25) is 0 Å². The molecule has 2 aromatic rings. The fraction of sp³-hybridized carbons (Fsp3) is 0.346. The van der Waals surface area contributed by atoms with Crippen molar-refractivity contribution in [1.82, 2.24) is 10.2 Å². The van der Waals surface area contributed by atoms with Gasteiger partial charge in [0.05, 0.1) is 11.8 Å². The molecule has 2 aromatic carbocycles. The molecular formula is C26H28N2O4S. The highest BCUT2D eigenvalue weighted by molar-refractivity contribution is 7.98. The minimum absolute atomic E-state index is 0.123. The van der Waals surface area contributed by atoms with Crippen LogP contribution in [0.25, 0.3) is 6.08 Å². The third kappa shape index (κ3) is 4.11. The first-order valence-electron chi connectivity index (χ1n) is 11.0. The minimum atomic E-state index is -1.48. The van der Waals surface area contributed by atoms with Crippen molar-refractivity contribution in [2.24, 2.45) is 11.8 Å². The van der Waals surface area contributed by atoms with E-state index in [9.17, 15) is 19.5 Å². The Morgan fingerprint density at radius 2 is 1.82 bits per heavy atom. The highest BCUT2D eigenvalue weighted by Crippen LogP contribution is 2.50. The van der Waals surface area contributed by atoms with Crippen molar-refractivity contribution in [2.75, 3.05) is 18.6 Å². The zero-order valence-corrected chi connectivity index (χ0v) is 19.5. The molecule has 2 heterocycles. The number of rotatable bonds is 8. The summed E-state index contributed by atoms with van der Waals surface area (Å²) >= 11 is 1.53. The van der Waals surface area contributed by atoms with Crippen molar-refractivity contribution in [1.29, 1.82) is 0 Å². The Kier molecular flexibility index (Phi) is 6.72. The molecule has 2 aliphatic rings. The second kappa shape index (κ2) is 9.53. The predicted octanol–water partition coefficient (Wildman–Crippen LogP) is 3.53. The summed E-state index contributed by atoms with van der Waals surface area (Å²) in [7, 11) is 0. The van der Waals surface area contributed by atoms with Crippen LogP contribution >= 0.6 is 11.8 Å². The molecule has 2 saturated heterocycles. The first-order valence-corrected chi connectivity index (χ1v) is 12.4. The number of imide groups is 1. The number of carbonyl (C=O) groups is 3. The van der Waals surface area contributed by atoms with Crippen LogP contribution in [0, 0.1) is 18.8 Å².